The summed E-state index contributed by atoms with van der Waals surface area (Å²) in [5.41, 5.74) is 2.22. The Kier molecular flexibility index (Phi) is 1.46. The zero-order valence-corrected chi connectivity index (χ0v) is 5.24. The van der Waals surface area contributed by atoms with E-state index in [2.05, 4.69) is 10.5 Å². The molecule has 0 aromatic carbocycles. The molecule has 6 heteroatoms. The summed E-state index contributed by atoms with van der Waals surface area (Å²) in [5.74, 6) is -0.0486. The van der Waals surface area contributed by atoms with Gasteiger partial charge in [-0.1, -0.05) is 0 Å². The van der Waals surface area contributed by atoms with Crippen LogP contribution in [0.1, 0.15) is 6.92 Å². The highest BCUT2D eigenvalue weighted by Gasteiger charge is 2.39. The number of alkyl halides is 3. The molecular formula is C4H6F3N3. The first-order chi connectivity index (χ1) is 4.52. The lowest BCUT2D eigenvalue weighted by Crippen LogP contribution is -2.40. The quantitative estimate of drug-likeness (QED) is 0.519. The number of hydrogen-bond acceptors (Lipinski definition) is 3. The average Bonchev–Trinajstić information content (AvgIpc) is 2.11. The first kappa shape index (κ1) is 7.17. The van der Waals surface area contributed by atoms with Gasteiger partial charge in [-0.05, 0) is 6.92 Å². The highest BCUT2D eigenvalue weighted by Crippen LogP contribution is 2.22. The minimum absolute atomic E-state index is 0.0486. The molecule has 0 saturated heterocycles. The second-order valence-corrected chi connectivity index (χ2v) is 1.87. The Morgan fingerprint density at radius 3 is 2.40 bits per heavy atom. The van der Waals surface area contributed by atoms with Crippen LogP contribution in [0.4, 0.5) is 13.2 Å². The minimum atomic E-state index is -4.31. The van der Waals surface area contributed by atoms with Gasteiger partial charge >= 0.3 is 6.30 Å². The first-order valence-electron chi connectivity index (χ1n) is 2.63. The molecule has 0 aromatic heterocycles. The second kappa shape index (κ2) is 2.03. The highest BCUT2D eigenvalue weighted by molar-refractivity contribution is 5.80. The van der Waals surface area contributed by atoms with Crippen molar-refractivity contribution in [3.63, 3.8) is 0 Å². The van der Waals surface area contributed by atoms with Gasteiger partial charge < -0.3 is 0 Å². The number of amidine groups is 1. The van der Waals surface area contributed by atoms with Gasteiger partial charge in [0.05, 0.1) is 0 Å². The van der Waals surface area contributed by atoms with Crippen LogP contribution in [-0.2, 0) is 0 Å². The van der Waals surface area contributed by atoms with Crippen LogP contribution < -0.4 is 5.43 Å². The molecule has 58 valence electrons. The molecule has 1 N–H and O–H groups in total. The van der Waals surface area contributed by atoms with Gasteiger partial charge in [0, 0.05) is 0 Å². The van der Waals surface area contributed by atoms with Gasteiger partial charge in [-0.3, -0.25) is 10.3 Å². The second-order valence-electron chi connectivity index (χ2n) is 1.87. The summed E-state index contributed by atoms with van der Waals surface area (Å²) >= 11 is 0. The number of hydrogen-bond donors (Lipinski definition) is 1. The summed E-state index contributed by atoms with van der Waals surface area (Å²) in [4.78, 5) is 0.229. The summed E-state index contributed by atoms with van der Waals surface area (Å²) in [6.45, 7) is 1.02. The van der Waals surface area contributed by atoms with Crippen LogP contribution in [0.25, 0.3) is 0 Å². The van der Waals surface area contributed by atoms with E-state index in [1.165, 1.54) is 6.92 Å². The maximum absolute atomic E-state index is 11.8. The summed E-state index contributed by atoms with van der Waals surface area (Å²) in [5, 5.41) is 3.36. The summed E-state index contributed by atoms with van der Waals surface area (Å²) < 4.78 is 35.4. The van der Waals surface area contributed by atoms with E-state index in [0.717, 1.165) is 0 Å². The molecule has 0 amide bonds. The molecule has 3 nitrogen and oxygen atoms in total. The molecule has 0 aliphatic carbocycles. The summed E-state index contributed by atoms with van der Waals surface area (Å²) in [6, 6.07) is 0. The Hall–Kier alpha value is -0.940. The van der Waals surface area contributed by atoms with Gasteiger partial charge in [0.15, 0.2) is 0 Å². The maximum Gasteiger partial charge on any atom is 0.487 e. The van der Waals surface area contributed by atoms with Crippen molar-refractivity contribution < 1.29 is 13.2 Å². The molecule has 0 unspecified atom stereocenters. The van der Waals surface area contributed by atoms with Crippen LogP contribution in [0.15, 0.2) is 5.10 Å². The molecule has 1 aliphatic heterocycles. The number of nitrogens with one attached hydrogen (secondary N) is 1. The van der Waals surface area contributed by atoms with Crippen molar-refractivity contribution in [2.24, 2.45) is 5.10 Å². The van der Waals surface area contributed by atoms with Crippen molar-refractivity contribution >= 4 is 5.84 Å². The molecule has 1 aliphatic rings. The first-order valence-corrected chi connectivity index (χ1v) is 2.63. The van der Waals surface area contributed by atoms with E-state index in [-0.39, 0.29) is 17.4 Å². The van der Waals surface area contributed by atoms with E-state index in [1.54, 1.807) is 0 Å². The molecule has 10 heavy (non-hydrogen) atoms. The molecule has 0 atom stereocenters. The van der Waals surface area contributed by atoms with E-state index in [1.807, 2.05) is 0 Å². The third-order valence-electron chi connectivity index (χ3n) is 1.17. The number of nitrogens with zero attached hydrogens (tertiary/aromatic N) is 2. The van der Waals surface area contributed by atoms with Gasteiger partial charge in [0.25, 0.3) is 0 Å². The maximum atomic E-state index is 11.8. The normalized spacial score (nSPS) is 18.8. The number of halogens is 3. The standard InChI is InChI=1S/C4H6F3N3/c1-3-9-8-2-10(3)4(5,6)7/h8H,2H2,1H3. The van der Waals surface area contributed by atoms with Gasteiger partial charge in [0.1, 0.15) is 12.5 Å². The Morgan fingerprint density at radius 1 is 1.60 bits per heavy atom. The van der Waals surface area contributed by atoms with E-state index in [9.17, 15) is 13.2 Å². The molecule has 0 saturated carbocycles. The molecule has 1 heterocycles. The Morgan fingerprint density at radius 2 is 2.20 bits per heavy atom. The largest absolute Gasteiger partial charge is 0.487 e. The molecule has 0 spiro atoms. The molecular weight excluding hydrogens is 147 g/mol. The van der Waals surface area contributed by atoms with Crippen molar-refractivity contribution in [1.82, 2.24) is 10.3 Å². The van der Waals surface area contributed by atoms with Gasteiger partial charge in [-0.25, -0.2) is 0 Å². The Balaban J connectivity index is 2.67. The summed E-state index contributed by atoms with van der Waals surface area (Å²) in [6.07, 6.45) is -4.31. The SMILES string of the molecule is CC1=NNCN1C(F)(F)F. The highest BCUT2D eigenvalue weighted by atomic mass is 19.4. The predicted octanol–water partition coefficient (Wildman–Crippen LogP) is 0.702. The predicted molar refractivity (Wildman–Crippen MR) is 29.0 cm³/mol. The van der Waals surface area contributed by atoms with Crippen LogP contribution in [-0.4, -0.2) is 23.7 Å². The third kappa shape index (κ3) is 1.14. The Bertz CT molecular complexity index is 162. The van der Waals surface area contributed by atoms with E-state index >= 15 is 0 Å². The smallest absolute Gasteiger partial charge is 0.289 e. The van der Waals surface area contributed by atoms with Crippen molar-refractivity contribution in [3.05, 3.63) is 0 Å². The van der Waals surface area contributed by atoms with E-state index in [0.29, 0.717) is 0 Å². The van der Waals surface area contributed by atoms with Gasteiger partial charge in [-0.2, -0.15) is 5.10 Å². The fourth-order valence-corrected chi connectivity index (χ4v) is 0.668. The lowest BCUT2D eigenvalue weighted by Gasteiger charge is -2.19. The van der Waals surface area contributed by atoms with Gasteiger partial charge in [0.2, 0.25) is 0 Å². The van der Waals surface area contributed by atoms with Crippen LogP contribution in [0, 0.1) is 0 Å². The fraction of sp³-hybridized carbons (Fsp3) is 0.750. The van der Waals surface area contributed by atoms with Crippen molar-refractivity contribution in [2.75, 3.05) is 6.67 Å². The molecule has 0 bridgehead atoms. The number of rotatable bonds is 0. The molecule has 0 fully saturated rings. The lowest BCUT2D eigenvalue weighted by molar-refractivity contribution is -0.216. The zero-order valence-electron chi connectivity index (χ0n) is 5.24. The van der Waals surface area contributed by atoms with E-state index in [4.69, 9.17) is 0 Å². The van der Waals surface area contributed by atoms with Crippen molar-refractivity contribution in [3.8, 4) is 0 Å². The average molecular weight is 153 g/mol. The van der Waals surface area contributed by atoms with E-state index < -0.39 is 6.30 Å². The zero-order chi connectivity index (χ0) is 7.78. The molecule has 1 rings (SSSR count). The van der Waals surface area contributed by atoms with Crippen molar-refractivity contribution in [2.45, 2.75) is 13.2 Å². The van der Waals surface area contributed by atoms with Gasteiger partial charge in [-0.15, -0.1) is 13.2 Å². The lowest BCUT2D eigenvalue weighted by atomic mass is 10.6. The third-order valence-corrected chi connectivity index (χ3v) is 1.17. The summed E-state index contributed by atoms with van der Waals surface area (Å²) in [7, 11) is 0. The van der Waals surface area contributed by atoms with Crippen molar-refractivity contribution in [1.29, 1.82) is 0 Å². The van der Waals surface area contributed by atoms with Crippen LogP contribution >= 0.6 is 0 Å². The monoisotopic (exact) mass is 153 g/mol. The number of hydrazone groups is 1. The fourth-order valence-electron chi connectivity index (χ4n) is 0.668. The molecule has 0 radical (unpaired) electrons. The molecule has 0 aromatic rings. The topological polar surface area (TPSA) is 27.6 Å². The Labute approximate surface area is 55.5 Å². The van der Waals surface area contributed by atoms with Crippen LogP contribution in [0.5, 0.6) is 0 Å². The van der Waals surface area contributed by atoms with Crippen LogP contribution in [0.3, 0.4) is 0 Å². The van der Waals surface area contributed by atoms with Crippen LogP contribution in [0.2, 0.25) is 0 Å². The minimum Gasteiger partial charge on any atom is -0.289 e.